The van der Waals surface area contributed by atoms with Gasteiger partial charge in [-0.3, -0.25) is 0 Å². The van der Waals surface area contributed by atoms with E-state index in [4.69, 9.17) is 4.74 Å². The summed E-state index contributed by atoms with van der Waals surface area (Å²) in [4.78, 5) is 12.2. The van der Waals surface area contributed by atoms with Crippen LogP contribution >= 0.6 is 0 Å². The SMILES string of the molecule is C=CS(=O)(=O)c1ccc2c(C(=O)OC)c3ccccn3c2c1. The molecular formula is C16H13NO4S. The van der Waals surface area contributed by atoms with Gasteiger partial charge in [0.15, 0.2) is 9.84 Å². The monoisotopic (exact) mass is 315 g/mol. The molecule has 0 spiro atoms. The molecule has 3 rings (SSSR count). The number of carbonyl (C=O) groups is 1. The highest BCUT2D eigenvalue weighted by Gasteiger charge is 2.20. The maximum absolute atomic E-state index is 12.1. The number of rotatable bonds is 3. The van der Waals surface area contributed by atoms with E-state index in [0.29, 0.717) is 22.0 Å². The normalized spacial score (nSPS) is 11.7. The van der Waals surface area contributed by atoms with E-state index in [-0.39, 0.29) is 4.90 Å². The summed E-state index contributed by atoms with van der Waals surface area (Å²) in [6.45, 7) is 3.33. The smallest absolute Gasteiger partial charge is 0.340 e. The summed E-state index contributed by atoms with van der Waals surface area (Å²) in [7, 11) is -2.22. The fourth-order valence-electron chi connectivity index (χ4n) is 2.51. The van der Waals surface area contributed by atoms with Gasteiger partial charge in [-0.05, 0) is 24.3 Å². The first-order valence-electron chi connectivity index (χ1n) is 6.48. The molecule has 0 unspecified atom stereocenters. The van der Waals surface area contributed by atoms with Gasteiger partial charge >= 0.3 is 5.97 Å². The summed E-state index contributed by atoms with van der Waals surface area (Å²) >= 11 is 0. The van der Waals surface area contributed by atoms with Crippen molar-refractivity contribution in [1.82, 2.24) is 4.40 Å². The third-order valence-electron chi connectivity index (χ3n) is 3.55. The third-order valence-corrected chi connectivity index (χ3v) is 4.90. The lowest BCUT2D eigenvalue weighted by Gasteiger charge is -2.01. The van der Waals surface area contributed by atoms with Crippen LogP contribution in [-0.2, 0) is 14.6 Å². The summed E-state index contributed by atoms with van der Waals surface area (Å²) in [5.74, 6) is -0.460. The van der Waals surface area contributed by atoms with Crippen molar-refractivity contribution in [2.45, 2.75) is 4.90 Å². The standard InChI is InChI=1S/C16H13NO4S/c1-3-22(19,20)11-7-8-12-14(10-11)17-9-5-4-6-13(17)15(12)16(18)21-2/h3-10H,1H2,2H3. The quantitative estimate of drug-likeness (QED) is 0.697. The number of benzene rings is 1. The van der Waals surface area contributed by atoms with Gasteiger partial charge in [-0.2, -0.15) is 0 Å². The predicted molar refractivity (Wildman–Crippen MR) is 83.6 cm³/mol. The van der Waals surface area contributed by atoms with E-state index in [0.717, 1.165) is 5.41 Å². The van der Waals surface area contributed by atoms with Gasteiger partial charge in [0.25, 0.3) is 0 Å². The number of sulfone groups is 1. The Hall–Kier alpha value is -2.60. The van der Waals surface area contributed by atoms with Crippen molar-refractivity contribution in [3.05, 3.63) is 60.1 Å². The number of hydrogen-bond donors (Lipinski definition) is 0. The van der Waals surface area contributed by atoms with E-state index in [9.17, 15) is 13.2 Å². The molecule has 1 aromatic carbocycles. The zero-order valence-electron chi connectivity index (χ0n) is 11.8. The molecule has 0 fully saturated rings. The zero-order valence-corrected chi connectivity index (χ0v) is 12.6. The molecule has 0 bridgehead atoms. The number of nitrogens with zero attached hydrogens (tertiary/aromatic N) is 1. The lowest BCUT2D eigenvalue weighted by atomic mass is 10.1. The van der Waals surface area contributed by atoms with Crippen LogP contribution in [0.5, 0.6) is 0 Å². The maximum Gasteiger partial charge on any atom is 0.340 e. The van der Waals surface area contributed by atoms with Gasteiger partial charge in [-0.1, -0.05) is 18.7 Å². The molecular weight excluding hydrogens is 302 g/mol. The molecule has 0 aliphatic carbocycles. The number of methoxy groups -OCH3 is 1. The lowest BCUT2D eigenvalue weighted by molar-refractivity contribution is 0.0605. The van der Waals surface area contributed by atoms with E-state index >= 15 is 0 Å². The molecule has 0 aliphatic heterocycles. The Morgan fingerprint density at radius 3 is 2.68 bits per heavy atom. The van der Waals surface area contributed by atoms with Gasteiger partial charge in [0.1, 0.15) is 0 Å². The minimum Gasteiger partial charge on any atom is -0.465 e. The fraction of sp³-hybridized carbons (Fsp3) is 0.0625. The number of carbonyl (C=O) groups excluding carboxylic acids is 1. The first-order valence-corrected chi connectivity index (χ1v) is 8.03. The van der Waals surface area contributed by atoms with Crippen molar-refractivity contribution in [2.75, 3.05) is 7.11 Å². The van der Waals surface area contributed by atoms with Gasteiger partial charge in [0.05, 0.1) is 28.6 Å². The third kappa shape index (κ3) is 2.00. The van der Waals surface area contributed by atoms with Crippen molar-refractivity contribution in [2.24, 2.45) is 0 Å². The van der Waals surface area contributed by atoms with Gasteiger partial charge in [0, 0.05) is 17.0 Å². The van der Waals surface area contributed by atoms with E-state index in [1.165, 1.54) is 19.2 Å². The fourth-order valence-corrected chi connectivity index (χ4v) is 3.23. The highest BCUT2D eigenvalue weighted by Crippen LogP contribution is 2.29. The largest absolute Gasteiger partial charge is 0.465 e. The minimum absolute atomic E-state index is 0.134. The zero-order chi connectivity index (χ0) is 15.9. The van der Waals surface area contributed by atoms with E-state index in [1.54, 1.807) is 22.7 Å². The van der Waals surface area contributed by atoms with Crippen LogP contribution < -0.4 is 0 Å². The van der Waals surface area contributed by atoms with Crippen LogP contribution in [0.3, 0.4) is 0 Å². The number of esters is 1. The molecule has 0 saturated carbocycles. The lowest BCUT2D eigenvalue weighted by Crippen LogP contribution is -2.01. The summed E-state index contributed by atoms with van der Waals surface area (Å²) in [6.07, 6.45) is 1.77. The molecule has 6 heteroatoms. The van der Waals surface area contributed by atoms with Crippen molar-refractivity contribution < 1.29 is 17.9 Å². The molecule has 0 amide bonds. The Kier molecular flexibility index (Phi) is 3.26. The molecule has 2 heterocycles. The van der Waals surface area contributed by atoms with Crippen LogP contribution in [0.15, 0.2) is 59.5 Å². The van der Waals surface area contributed by atoms with Gasteiger partial charge < -0.3 is 9.14 Å². The number of ether oxygens (including phenoxy) is 1. The maximum atomic E-state index is 12.1. The molecule has 0 atom stereocenters. The second kappa shape index (κ2) is 4.99. The summed E-state index contributed by atoms with van der Waals surface area (Å²) in [5, 5.41) is 1.55. The van der Waals surface area contributed by atoms with Crippen molar-refractivity contribution in [1.29, 1.82) is 0 Å². The molecule has 112 valence electrons. The van der Waals surface area contributed by atoms with Gasteiger partial charge in [0.2, 0.25) is 0 Å². The predicted octanol–water partition coefficient (Wildman–Crippen LogP) is 2.80. The first-order chi connectivity index (χ1) is 10.5. The Labute approximate surface area is 127 Å². The van der Waals surface area contributed by atoms with Crippen LogP contribution in [0.25, 0.3) is 16.4 Å². The van der Waals surface area contributed by atoms with Crippen LogP contribution in [0.2, 0.25) is 0 Å². The molecule has 0 aliphatic rings. The van der Waals surface area contributed by atoms with Crippen LogP contribution in [0.1, 0.15) is 10.4 Å². The van der Waals surface area contributed by atoms with E-state index in [2.05, 4.69) is 6.58 Å². The minimum atomic E-state index is -3.54. The average Bonchev–Trinajstić information content (AvgIpc) is 2.88. The second-order valence-electron chi connectivity index (χ2n) is 4.71. The molecule has 0 radical (unpaired) electrons. The van der Waals surface area contributed by atoms with E-state index < -0.39 is 15.8 Å². The molecule has 0 N–H and O–H groups in total. The Morgan fingerprint density at radius 1 is 1.23 bits per heavy atom. The molecule has 22 heavy (non-hydrogen) atoms. The first kappa shape index (κ1) is 14.3. The molecule has 2 aromatic heterocycles. The molecule has 3 aromatic rings. The van der Waals surface area contributed by atoms with E-state index in [1.807, 2.05) is 12.1 Å². The number of pyridine rings is 1. The molecule has 0 saturated heterocycles. The Bertz CT molecular complexity index is 1020. The Morgan fingerprint density at radius 2 is 2.00 bits per heavy atom. The van der Waals surface area contributed by atoms with Gasteiger partial charge in [-0.15, -0.1) is 0 Å². The van der Waals surface area contributed by atoms with Crippen LogP contribution in [-0.4, -0.2) is 25.9 Å². The van der Waals surface area contributed by atoms with Crippen molar-refractivity contribution >= 4 is 32.2 Å². The summed E-state index contributed by atoms with van der Waals surface area (Å²) in [5.41, 5.74) is 1.71. The van der Waals surface area contributed by atoms with Crippen LogP contribution in [0, 0.1) is 0 Å². The van der Waals surface area contributed by atoms with Crippen molar-refractivity contribution in [3.8, 4) is 0 Å². The second-order valence-corrected chi connectivity index (χ2v) is 6.61. The van der Waals surface area contributed by atoms with Gasteiger partial charge in [-0.25, -0.2) is 13.2 Å². The number of fused-ring (bicyclic) bond motifs is 3. The highest BCUT2D eigenvalue weighted by molar-refractivity contribution is 7.94. The highest BCUT2D eigenvalue weighted by atomic mass is 32.2. The molecule has 5 nitrogen and oxygen atoms in total. The summed E-state index contributed by atoms with van der Waals surface area (Å²) in [6, 6.07) is 10.0. The Balaban J connectivity index is 2.47. The number of aromatic nitrogens is 1. The topological polar surface area (TPSA) is 64.8 Å². The summed E-state index contributed by atoms with van der Waals surface area (Å²) < 4.78 is 30.5. The number of hydrogen-bond acceptors (Lipinski definition) is 4. The van der Waals surface area contributed by atoms with Crippen molar-refractivity contribution in [3.63, 3.8) is 0 Å². The average molecular weight is 315 g/mol. The van der Waals surface area contributed by atoms with Crippen LogP contribution in [0.4, 0.5) is 0 Å².